The van der Waals surface area contributed by atoms with Crippen molar-refractivity contribution < 1.29 is 4.79 Å². The van der Waals surface area contributed by atoms with E-state index in [0.717, 1.165) is 44.0 Å². The molecule has 0 N–H and O–H groups in total. The van der Waals surface area contributed by atoms with Crippen molar-refractivity contribution in [2.24, 2.45) is 0 Å². The highest BCUT2D eigenvalue weighted by Gasteiger charge is 2.22. The van der Waals surface area contributed by atoms with Crippen LogP contribution in [0.1, 0.15) is 10.4 Å². The van der Waals surface area contributed by atoms with Gasteiger partial charge in [0.1, 0.15) is 0 Å². The molecule has 0 saturated carbocycles. The smallest absolute Gasteiger partial charge is 0.233 e. The van der Waals surface area contributed by atoms with Crippen molar-refractivity contribution >= 4 is 29.0 Å². The maximum absolute atomic E-state index is 12.6. The van der Waals surface area contributed by atoms with Gasteiger partial charge in [-0.15, -0.1) is 16.4 Å². The first kappa shape index (κ1) is 19.1. The fourth-order valence-electron chi connectivity index (χ4n) is 3.19. The number of nitrogens with zero attached hydrogens (tertiary/aromatic N) is 6. The highest BCUT2D eigenvalue weighted by Crippen LogP contribution is 2.20. The fraction of sp³-hybridized carbons (Fsp3) is 0.368. The van der Waals surface area contributed by atoms with E-state index in [2.05, 4.69) is 37.9 Å². The maximum atomic E-state index is 12.6. The van der Waals surface area contributed by atoms with Crippen molar-refractivity contribution in [2.45, 2.75) is 18.6 Å². The summed E-state index contributed by atoms with van der Waals surface area (Å²) in [7, 11) is 0. The lowest BCUT2D eigenvalue weighted by Crippen LogP contribution is -2.48. The van der Waals surface area contributed by atoms with Crippen LogP contribution in [-0.4, -0.2) is 67.8 Å². The van der Waals surface area contributed by atoms with Crippen molar-refractivity contribution in [2.75, 3.05) is 31.9 Å². The predicted octanol–water partition coefficient (Wildman–Crippen LogP) is 2.47. The quantitative estimate of drug-likeness (QED) is 0.577. The van der Waals surface area contributed by atoms with E-state index in [-0.39, 0.29) is 5.91 Å². The van der Waals surface area contributed by atoms with Gasteiger partial charge in [-0.05, 0) is 46.5 Å². The number of aryl methyl sites for hydroxylation is 1. The van der Waals surface area contributed by atoms with E-state index in [9.17, 15) is 4.79 Å². The van der Waals surface area contributed by atoms with Crippen LogP contribution in [0.15, 0.2) is 46.9 Å². The van der Waals surface area contributed by atoms with E-state index >= 15 is 0 Å². The summed E-state index contributed by atoms with van der Waals surface area (Å²) in [5, 5.41) is 14.7. The minimum absolute atomic E-state index is 0.138. The van der Waals surface area contributed by atoms with Crippen molar-refractivity contribution in [3.05, 3.63) is 52.2 Å². The third-order valence-electron chi connectivity index (χ3n) is 4.70. The number of hydrogen-bond acceptors (Lipinski definition) is 7. The van der Waals surface area contributed by atoms with Crippen molar-refractivity contribution in [3.63, 3.8) is 0 Å². The molecule has 1 aliphatic rings. The van der Waals surface area contributed by atoms with Crippen LogP contribution in [0.25, 0.3) is 5.69 Å². The number of tetrazole rings is 1. The molecule has 3 heterocycles. The lowest BCUT2D eigenvalue weighted by molar-refractivity contribution is -0.130. The SMILES string of the molecule is Cc1cccc(-n2nnnc2SCC(=O)N2CCN(Cc3cccs3)CC2)c1. The Bertz CT molecular complexity index is 918. The van der Waals surface area contributed by atoms with E-state index in [4.69, 9.17) is 0 Å². The molecule has 0 radical (unpaired) electrons. The average molecular weight is 415 g/mol. The third-order valence-corrected chi connectivity index (χ3v) is 6.46. The number of hydrogen-bond donors (Lipinski definition) is 0. The molecule has 146 valence electrons. The molecule has 9 heteroatoms. The van der Waals surface area contributed by atoms with Gasteiger partial charge in [-0.25, -0.2) is 0 Å². The van der Waals surface area contributed by atoms with Gasteiger partial charge in [-0.1, -0.05) is 30.0 Å². The summed E-state index contributed by atoms with van der Waals surface area (Å²) in [6, 6.07) is 12.2. The monoisotopic (exact) mass is 414 g/mol. The Balaban J connectivity index is 1.29. The molecule has 1 aromatic carbocycles. The van der Waals surface area contributed by atoms with Crippen LogP contribution in [0, 0.1) is 6.92 Å². The molecule has 1 saturated heterocycles. The lowest BCUT2D eigenvalue weighted by atomic mass is 10.2. The minimum atomic E-state index is 0.138. The Kier molecular flexibility index (Phi) is 6.04. The number of rotatable bonds is 6. The Labute approximate surface area is 172 Å². The van der Waals surface area contributed by atoms with Crippen LogP contribution < -0.4 is 0 Å². The molecule has 1 aliphatic heterocycles. The number of carbonyl (C=O) groups is 1. The number of thiophene rings is 1. The molecule has 0 aliphatic carbocycles. The topological polar surface area (TPSA) is 67.2 Å². The standard InChI is InChI=1S/C19H22N6OS2/c1-15-4-2-5-16(12-15)25-19(20-21-22-25)28-14-18(26)24-9-7-23(8-10-24)13-17-6-3-11-27-17/h2-6,11-12H,7-10,13-14H2,1H3. The third kappa shape index (κ3) is 4.60. The molecule has 1 fully saturated rings. The van der Waals surface area contributed by atoms with E-state index in [1.54, 1.807) is 16.0 Å². The van der Waals surface area contributed by atoms with Crippen LogP contribution >= 0.6 is 23.1 Å². The molecule has 2 aromatic heterocycles. The highest BCUT2D eigenvalue weighted by atomic mass is 32.2. The summed E-state index contributed by atoms with van der Waals surface area (Å²) in [6.07, 6.45) is 0. The van der Waals surface area contributed by atoms with Gasteiger partial charge in [-0.3, -0.25) is 9.69 Å². The average Bonchev–Trinajstić information content (AvgIpc) is 3.38. The van der Waals surface area contributed by atoms with Crippen molar-refractivity contribution in [1.29, 1.82) is 0 Å². The summed E-state index contributed by atoms with van der Waals surface area (Å²) < 4.78 is 1.68. The normalized spacial score (nSPS) is 15.1. The van der Waals surface area contributed by atoms with E-state index in [0.29, 0.717) is 10.9 Å². The Morgan fingerprint density at radius 1 is 1.18 bits per heavy atom. The second-order valence-electron chi connectivity index (χ2n) is 6.74. The van der Waals surface area contributed by atoms with Gasteiger partial charge < -0.3 is 4.90 Å². The van der Waals surface area contributed by atoms with Gasteiger partial charge in [-0.2, -0.15) is 4.68 Å². The second kappa shape index (κ2) is 8.85. The summed E-state index contributed by atoms with van der Waals surface area (Å²) in [5.41, 5.74) is 2.04. The molecule has 3 aromatic rings. The van der Waals surface area contributed by atoms with Gasteiger partial charge >= 0.3 is 0 Å². The number of thioether (sulfide) groups is 1. The number of carbonyl (C=O) groups excluding carboxylic acids is 1. The molecule has 0 bridgehead atoms. The van der Waals surface area contributed by atoms with Crippen molar-refractivity contribution in [1.82, 2.24) is 30.0 Å². The number of benzene rings is 1. The van der Waals surface area contributed by atoms with Gasteiger partial charge in [0, 0.05) is 37.6 Å². The molecule has 1 amide bonds. The van der Waals surface area contributed by atoms with Crippen molar-refractivity contribution in [3.8, 4) is 5.69 Å². The van der Waals surface area contributed by atoms with E-state index in [1.807, 2.05) is 36.1 Å². The van der Waals surface area contributed by atoms with Crippen LogP contribution in [0.4, 0.5) is 0 Å². The van der Waals surface area contributed by atoms with Crippen LogP contribution in [0.5, 0.6) is 0 Å². The Morgan fingerprint density at radius 3 is 2.79 bits per heavy atom. The molecule has 28 heavy (non-hydrogen) atoms. The van der Waals surface area contributed by atoms with Gasteiger partial charge in [0.15, 0.2) is 0 Å². The molecule has 4 rings (SSSR count). The van der Waals surface area contributed by atoms with Gasteiger partial charge in [0.05, 0.1) is 11.4 Å². The van der Waals surface area contributed by atoms with E-state index < -0.39 is 0 Å². The molecular formula is C19H22N6OS2. The molecular weight excluding hydrogens is 392 g/mol. The molecule has 0 atom stereocenters. The first-order chi connectivity index (χ1) is 13.7. The summed E-state index contributed by atoms with van der Waals surface area (Å²) in [5.74, 6) is 0.483. The minimum Gasteiger partial charge on any atom is -0.339 e. The molecule has 7 nitrogen and oxygen atoms in total. The highest BCUT2D eigenvalue weighted by molar-refractivity contribution is 7.99. The Hall–Kier alpha value is -2.23. The number of aromatic nitrogens is 4. The summed E-state index contributed by atoms with van der Waals surface area (Å²) in [6.45, 7) is 6.37. The first-order valence-electron chi connectivity index (χ1n) is 9.20. The zero-order valence-corrected chi connectivity index (χ0v) is 17.3. The number of amides is 1. The second-order valence-corrected chi connectivity index (χ2v) is 8.71. The zero-order chi connectivity index (χ0) is 19.3. The summed E-state index contributed by atoms with van der Waals surface area (Å²) >= 11 is 3.17. The number of piperazine rings is 1. The van der Waals surface area contributed by atoms with Crippen LogP contribution in [0.2, 0.25) is 0 Å². The zero-order valence-electron chi connectivity index (χ0n) is 15.7. The maximum Gasteiger partial charge on any atom is 0.233 e. The molecule has 0 unspecified atom stereocenters. The van der Waals surface area contributed by atoms with Crippen LogP contribution in [-0.2, 0) is 11.3 Å². The lowest BCUT2D eigenvalue weighted by Gasteiger charge is -2.34. The predicted molar refractivity (Wildman–Crippen MR) is 111 cm³/mol. The van der Waals surface area contributed by atoms with E-state index in [1.165, 1.54) is 16.6 Å². The Morgan fingerprint density at radius 2 is 2.04 bits per heavy atom. The first-order valence-corrected chi connectivity index (χ1v) is 11.1. The summed E-state index contributed by atoms with van der Waals surface area (Å²) in [4.78, 5) is 18.4. The van der Waals surface area contributed by atoms with Crippen LogP contribution in [0.3, 0.4) is 0 Å². The largest absolute Gasteiger partial charge is 0.339 e. The van der Waals surface area contributed by atoms with Gasteiger partial charge in [0.25, 0.3) is 0 Å². The molecule has 0 spiro atoms. The van der Waals surface area contributed by atoms with Gasteiger partial charge in [0.2, 0.25) is 11.1 Å². The fourth-order valence-corrected chi connectivity index (χ4v) is 4.73.